The van der Waals surface area contributed by atoms with Crippen molar-refractivity contribution in [2.45, 2.75) is 120 Å². The summed E-state index contributed by atoms with van der Waals surface area (Å²) in [6.45, 7) is 5.20. The molecule has 0 saturated carbocycles. The first-order chi connectivity index (χ1) is 35.7. The van der Waals surface area contributed by atoms with Crippen LogP contribution in [0.4, 0.5) is 0 Å². The lowest BCUT2D eigenvalue weighted by molar-refractivity contribution is -0.135. The van der Waals surface area contributed by atoms with Gasteiger partial charge in [0.05, 0.1) is 6.04 Å². The molecule has 26 heteroatoms. The van der Waals surface area contributed by atoms with Crippen molar-refractivity contribution in [2.75, 3.05) is 26.2 Å². The molecule has 0 bridgehead atoms. The Hall–Kier alpha value is -8.42. The average Bonchev–Trinajstić information content (AvgIpc) is 3.77. The van der Waals surface area contributed by atoms with E-state index in [9.17, 15) is 43.5 Å². The van der Waals surface area contributed by atoms with Crippen LogP contribution in [0.2, 0.25) is 0 Å². The Kier molecular flexibility index (Phi) is 23.6. The quantitative estimate of drug-likeness (QED) is 0.0337. The number of fused-ring (bicyclic) bond motifs is 1. The average molecular weight is 1040 g/mol. The number of aromatic nitrogens is 1. The number of nitrogens with zero attached hydrogens (tertiary/aromatic N) is 2. The number of carbonyl (C=O) groups excluding carboxylic acids is 8. The smallest absolute Gasteiger partial charge is 0.243 e. The van der Waals surface area contributed by atoms with Crippen LogP contribution in [0, 0.1) is 0 Å². The van der Waals surface area contributed by atoms with Gasteiger partial charge in [-0.05, 0) is 87.2 Å². The number of carbonyl (C=O) groups is 8. The van der Waals surface area contributed by atoms with Gasteiger partial charge in [-0.2, -0.15) is 0 Å². The number of amides is 8. The molecule has 2 heterocycles. The SMILES string of the molecule is C=C(N)C1CCCNC(=O)CC[C@H](NC(=O)[C@H](CCCN=C(N)N)NC(C)=O)C(=O)N[C@@H](CCN)C(=O)N[C@H](Cc2ccc(O)cc2)C(=O)N[C@@H](CCCN=C(N)N)C(=O)N[C@@H](Cc2c[nH]c3ccccc23)C(=O)N1. The first-order valence-electron chi connectivity index (χ1n) is 24.7. The summed E-state index contributed by atoms with van der Waals surface area (Å²) in [6, 6.07) is 4.24. The number of phenols is 1. The van der Waals surface area contributed by atoms with Crippen LogP contribution in [0.25, 0.3) is 10.9 Å². The molecule has 4 rings (SSSR count). The van der Waals surface area contributed by atoms with E-state index in [4.69, 9.17) is 34.4 Å². The number of aliphatic imine (C=N–C) groups is 2. The molecule has 7 atom stereocenters. The van der Waals surface area contributed by atoms with Crippen molar-refractivity contribution >= 4 is 70.1 Å². The van der Waals surface area contributed by atoms with E-state index >= 15 is 0 Å². The Labute approximate surface area is 434 Å². The molecule has 22 N–H and O–H groups in total. The second-order valence-electron chi connectivity index (χ2n) is 18.1. The summed E-state index contributed by atoms with van der Waals surface area (Å²) in [6.07, 6.45) is 1.65. The summed E-state index contributed by atoms with van der Waals surface area (Å²) in [4.78, 5) is 123. The second kappa shape index (κ2) is 29.9. The van der Waals surface area contributed by atoms with E-state index in [1.807, 2.05) is 24.3 Å². The van der Waals surface area contributed by atoms with Crippen LogP contribution in [0.5, 0.6) is 5.75 Å². The van der Waals surface area contributed by atoms with Gasteiger partial charge in [-0.1, -0.05) is 36.9 Å². The van der Waals surface area contributed by atoms with E-state index in [2.05, 4.69) is 64.1 Å². The molecular formula is C49H73N17O9. The van der Waals surface area contributed by atoms with E-state index in [0.29, 0.717) is 11.1 Å². The summed E-state index contributed by atoms with van der Waals surface area (Å²) < 4.78 is 0. The topological polar surface area (TPSA) is 450 Å². The van der Waals surface area contributed by atoms with Crippen molar-refractivity contribution in [3.63, 3.8) is 0 Å². The van der Waals surface area contributed by atoms with Gasteiger partial charge in [0.15, 0.2) is 11.9 Å². The number of guanidine groups is 2. The maximum Gasteiger partial charge on any atom is 0.243 e. The highest BCUT2D eigenvalue weighted by Gasteiger charge is 2.34. The lowest BCUT2D eigenvalue weighted by Gasteiger charge is -2.28. The van der Waals surface area contributed by atoms with Crippen LogP contribution in [0.3, 0.4) is 0 Å². The molecule has 75 heavy (non-hydrogen) atoms. The molecule has 26 nitrogen and oxygen atoms in total. The maximum absolute atomic E-state index is 14.6. The predicted octanol–water partition coefficient (Wildman–Crippen LogP) is -3.31. The van der Waals surface area contributed by atoms with Crippen LogP contribution in [0.1, 0.15) is 75.8 Å². The number of hydrogen-bond acceptors (Lipinski definition) is 13. The van der Waals surface area contributed by atoms with Crippen molar-refractivity contribution in [2.24, 2.45) is 44.4 Å². The number of aromatic hydroxyl groups is 1. The van der Waals surface area contributed by atoms with Gasteiger partial charge >= 0.3 is 0 Å². The van der Waals surface area contributed by atoms with E-state index in [0.717, 1.165) is 10.9 Å². The third-order valence-corrected chi connectivity index (χ3v) is 12.1. The third kappa shape index (κ3) is 20.2. The molecule has 0 aliphatic carbocycles. The van der Waals surface area contributed by atoms with Crippen LogP contribution in [0.15, 0.2) is 77.0 Å². The molecule has 1 aliphatic rings. The third-order valence-electron chi connectivity index (χ3n) is 12.1. The Morgan fingerprint density at radius 1 is 0.747 bits per heavy atom. The standard InChI is InChI=1S/C49H73N17O9/c1-27(51)33-10-5-21-56-41(69)18-17-37(63-42(70)35(60-28(2)67)11-6-22-57-48(52)53)44(72)64-38(19-20-50)45(73)65-39(24-29-13-15-31(68)16-14-29)46(74)62-36(12-7-23-58-49(54)55)43(71)66-40(47(75)61-33)25-30-26-59-34-9-4-3-8-32(30)34/h3-4,8-9,13-16,26,33,35-40,59,68H,1,5-7,10-12,17-25,50-51H2,2H3,(H,56,69)(H,60,67)(H,61,75)(H,62,74)(H,63,70)(H,64,72)(H,65,73)(H,66,71)(H4,52,53,57)(H4,54,55,58)/t33?,35-,36-,37-,38-,39+,40-/m0/s1. The summed E-state index contributed by atoms with van der Waals surface area (Å²) in [5.41, 5.74) is 36.2. The Balaban J connectivity index is 1.77. The number of aromatic amines is 1. The van der Waals surface area contributed by atoms with Crippen LogP contribution in [-0.4, -0.2) is 138 Å². The van der Waals surface area contributed by atoms with Crippen molar-refractivity contribution in [3.05, 3.63) is 78.1 Å². The van der Waals surface area contributed by atoms with Crippen molar-refractivity contribution in [3.8, 4) is 5.75 Å². The molecule has 1 saturated heterocycles. The normalized spacial score (nSPS) is 21.1. The van der Waals surface area contributed by atoms with E-state index in [-0.39, 0.29) is 120 Å². The van der Waals surface area contributed by atoms with Gasteiger partial charge in [-0.25, -0.2) is 0 Å². The summed E-state index contributed by atoms with van der Waals surface area (Å²) in [5, 5.41) is 32.5. The fourth-order valence-corrected chi connectivity index (χ4v) is 8.18. The molecule has 1 aromatic heterocycles. The van der Waals surface area contributed by atoms with Gasteiger partial charge in [-0.15, -0.1) is 0 Å². The minimum Gasteiger partial charge on any atom is -0.508 e. The van der Waals surface area contributed by atoms with E-state index in [1.165, 1.54) is 31.2 Å². The number of nitrogens with one attached hydrogen (secondary N) is 9. The highest BCUT2D eigenvalue weighted by molar-refractivity contribution is 5.97. The zero-order valence-electron chi connectivity index (χ0n) is 42.1. The highest BCUT2D eigenvalue weighted by Crippen LogP contribution is 2.20. The molecule has 1 fully saturated rings. The number of rotatable bonds is 18. The predicted molar refractivity (Wildman–Crippen MR) is 281 cm³/mol. The highest BCUT2D eigenvalue weighted by atomic mass is 16.3. The van der Waals surface area contributed by atoms with E-state index in [1.54, 1.807) is 6.20 Å². The number of para-hydroxylation sites is 1. The maximum atomic E-state index is 14.6. The van der Waals surface area contributed by atoms with Gasteiger partial charge in [0.25, 0.3) is 0 Å². The zero-order chi connectivity index (χ0) is 55.0. The van der Waals surface area contributed by atoms with Crippen LogP contribution in [-0.2, 0) is 51.2 Å². The molecule has 8 amide bonds. The van der Waals surface area contributed by atoms with Crippen molar-refractivity contribution < 1.29 is 43.5 Å². The second-order valence-corrected chi connectivity index (χ2v) is 18.1. The fraction of sp³-hybridized carbons (Fsp3) is 0.469. The fourth-order valence-electron chi connectivity index (χ4n) is 8.18. The molecule has 1 aliphatic heterocycles. The Morgan fingerprint density at radius 2 is 1.33 bits per heavy atom. The Bertz CT molecular complexity index is 2520. The summed E-state index contributed by atoms with van der Waals surface area (Å²) in [5.74, 6) is -6.35. The molecular weight excluding hydrogens is 971 g/mol. The number of nitrogens with two attached hydrogens (primary N) is 6. The lowest BCUT2D eigenvalue weighted by atomic mass is 10.0. The number of hydrogen-bond donors (Lipinski definition) is 16. The minimum atomic E-state index is -1.46. The Morgan fingerprint density at radius 3 is 1.97 bits per heavy atom. The molecule has 0 radical (unpaired) electrons. The first-order valence-corrected chi connectivity index (χ1v) is 24.7. The lowest BCUT2D eigenvalue weighted by Crippen LogP contribution is -2.60. The van der Waals surface area contributed by atoms with E-state index < -0.39 is 89.6 Å². The molecule has 1 unspecified atom stereocenters. The van der Waals surface area contributed by atoms with Gasteiger partial charge in [0.1, 0.15) is 42.0 Å². The van der Waals surface area contributed by atoms with Gasteiger partial charge in [0, 0.05) is 68.6 Å². The van der Waals surface area contributed by atoms with Crippen LogP contribution < -0.4 is 76.9 Å². The number of benzene rings is 2. The summed E-state index contributed by atoms with van der Waals surface area (Å²) in [7, 11) is 0. The molecule has 0 spiro atoms. The molecule has 408 valence electrons. The van der Waals surface area contributed by atoms with Gasteiger partial charge in [0.2, 0.25) is 47.3 Å². The number of H-pyrrole nitrogens is 1. The van der Waals surface area contributed by atoms with Gasteiger partial charge in [-0.3, -0.25) is 48.3 Å². The number of phenolic OH excluding ortho intramolecular Hbond substituents is 1. The summed E-state index contributed by atoms with van der Waals surface area (Å²) >= 11 is 0. The monoisotopic (exact) mass is 1040 g/mol. The zero-order valence-corrected chi connectivity index (χ0v) is 42.1. The molecule has 3 aromatic rings. The van der Waals surface area contributed by atoms with Crippen molar-refractivity contribution in [1.82, 2.24) is 47.5 Å². The van der Waals surface area contributed by atoms with Crippen molar-refractivity contribution in [1.29, 1.82) is 0 Å². The minimum absolute atomic E-state index is 0.0152. The van der Waals surface area contributed by atoms with Crippen LogP contribution >= 0.6 is 0 Å². The first kappa shape index (κ1) is 59.1. The molecule has 2 aromatic carbocycles. The largest absolute Gasteiger partial charge is 0.508 e. The van der Waals surface area contributed by atoms with Gasteiger partial charge < -0.3 is 87.0 Å².